The Morgan fingerprint density at radius 2 is 1.41 bits per heavy atom. The number of esters is 2. The number of hydrogen-bond donors (Lipinski definition) is 2. The summed E-state index contributed by atoms with van der Waals surface area (Å²) in [7, 11) is 1.30. The van der Waals surface area contributed by atoms with Gasteiger partial charge in [-0.05, 0) is 36.8 Å². The van der Waals surface area contributed by atoms with E-state index in [9.17, 15) is 19.2 Å². The number of ether oxygens (including phenoxy) is 3. The van der Waals surface area contributed by atoms with Crippen LogP contribution in [0.2, 0.25) is 0 Å². The van der Waals surface area contributed by atoms with Crippen LogP contribution in [0, 0.1) is 5.92 Å². The second-order valence-corrected chi connectivity index (χ2v) is 8.65. The van der Waals surface area contributed by atoms with Crippen LogP contribution >= 0.6 is 0 Å². The molecule has 0 radical (unpaired) electrons. The highest BCUT2D eigenvalue weighted by Gasteiger charge is 2.25. The maximum absolute atomic E-state index is 12.8. The molecule has 200 valence electrons. The Hall–Kier alpha value is -3.88. The Balaban J connectivity index is 1.80. The number of rotatable bonds is 15. The molecule has 0 aromatic heterocycles. The Kier molecular flexibility index (Phi) is 13.3. The molecule has 0 bridgehead atoms. The number of hydrogen-bond acceptors (Lipinski definition) is 7. The summed E-state index contributed by atoms with van der Waals surface area (Å²) in [5.41, 5.74) is 1.73. The number of methoxy groups -OCH3 is 1. The van der Waals surface area contributed by atoms with Crippen molar-refractivity contribution in [2.75, 3.05) is 13.7 Å². The molecule has 9 nitrogen and oxygen atoms in total. The van der Waals surface area contributed by atoms with Crippen LogP contribution in [0.5, 0.6) is 0 Å². The lowest BCUT2D eigenvalue weighted by Crippen LogP contribution is -2.44. The second-order valence-electron chi connectivity index (χ2n) is 8.65. The zero-order chi connectivity index (χ0) is 26.9. The van der Waals surface area contributed by atoms with Gasteiger partial charge in [0, 0.05) is 18.9 Å². The van der Waals surface area contributed by atoms with E-state index in [0.29, 0.717) is 32.2 Å². The molecule has 0 aliphatic rings. The van der Waals surface area contributed by atoms with E-state index in [4.69, 9.17) is 9.47 Å². The first-order valence-corrected chi connectivity index (χ1v) is 12.4. The molecule has 0 saturated carbocycles. The van der Waals surface area contributed by atoms with Gasteiger partial charge in [0.05, 0.1) is 7.11 Å². The molecule has 2 amide bonds. The van der Waals surface area contributed by atoms with E-state index in [1.54, 1.807) is 6.92 Å². The molecular formula is C28H36N2O7. The summed E-state index contributed by atoms with van der Waals surface area (Å²) in [6.45, 7) is 2.33. The zero-order valence-corrected chi connectivity index (χ0v) is 21.4. The molecule has 0 spiro atoms. The van der Waals surface area contributed by atoms with Gasteiger partial charge in [0.25, 0.3) is 0 Å². The topological polar surface area (TPSA) is 120 Å². The predicted molar refractivity (Wildman–Crippen MR) is 137 cm³/mol. The maximum Gasteiger partial charge on any atom is 0.407 e. The van der Waals surface area contributed by atoms with E-state index >= 15 is 0 Å². The van der Waals surface area contributed by atoms with E-state index in [-0.39, 0.29) is 25.5 Å². The standard InChI is InChI=1S/C28H36N2O7/c1-21(16-17-25(31)35-2)26(32)30-24(27(33)36-19-22-11-5-3-6-12-22)15-9-10-18-29-28(34)37-20-23-13-7-4-8-14-23/h3-8,11-14,21,24H,9-10,15-20H2,1-2H3,(H,29,34)(H,30,32)/t21?,24-/m0/s1. The van der Waals surface area contributed by atoms with E-state index in [1.807, 2.05) is 60.7 Å². The molecule has 2 atom stereocenters. The molecule has 9 heteroatoms. The van der Waals surface area contributed by atoms with Gasteiger partial charge >= 0.3 is 18.0 Å². The van der Waals surface area contributed by atoms with Gasteiger partial charge in [-0.1, -0.05) is 67.6 Å². The molecule has 0 aliphatic carbocycles. The molecule has 37 heavy (non-hydrogen) atoms. The fourth-order valence-electron chi connectivity index (χ4n) is 3.40. The van der Waals surface area contributed by atoms with Gasteiger partial charge in [-0.3, -0.25) is 9.59 Å². The van der Waals surface area contributed by atoms with Crippen molar-refractivity contribution in [3.05, 3.63) is 71.8 Å². The average molecular weight is 513 g/mol. The van der Waals surface area contributed by atoms with Crippen molar-refractivity contribution < 1.29 is 33.4 Å². The highest BCUT2D eigenvalue weighted by Crippen LogP contribution is 2.11. The van der Waals surface area contributed by atoms with E-state index in [1.165, 1.54) is 7.11 Å². The van der Waals surface area contributed by atoms with Gasteiger partial charge in [-0.15, -0.1) is 0 Å². The third-order valence-electron chi connectivity index (χ3n) is 5.68. The quantitative estimate of drug-likeness (QED) is 0.211. The molecule has 2 aromatic carbocycles. The number of unbranched alkanes of at least 4 members (excludes halogenated alkanes) is 1. The molecule has 2 rings (SSSR count). The summed E-state index contributed by atoms with van der Waals surface area (Å²) in [5.74, 6) is -1.75. The van der Waals surface area contributed by atoms with Crippen LogP contribution in [0.3, 0.4) is 0 Å². The lowest BCUT2D eigenvalue weighted by atomic mass is 10.0. The maximum atomic E-state index is 12.8. The second kappa shape index (κ2) is 16.7. The number of carbonyl (C=O) groups excluding carboxylic acids is 4. The van der Waals surface area contributed by atoms with Gasteiger partial charge < -0.3 is 24.8 Å². The molecule has 2 aromatic rings. The fourth-order valence-corrected chi connectivity index (χ4v) is 3.40. The van der Waals surface area contributed by atoms with E-state index in [0.717, 1.165) is 11.1 Å². The van der Waals surface area contributed by atoms with Crippen LogP contribution in [0.25, 0.3) is 0 Å². The third kappa shape index (κ3) is 12.1. The lowest BCUT2D eigenvalue weighted by molar-refractivity contribution is -0.150. The summed E-state index contributed by atoms with van der Waals surface area (Å²) in [6, 6.07) is 17.8. The predicted octanol–water partition coefficient (Wildman–Crippen LogP) is 3.90. The minimum Gasteiger partial charge on any atom is -0.469 e. The first kappa shape index (κ1) is 29.4. The minimum atomic E-state index is -0.846. The van der Waals surface area contributed by atoms with Crippen molar-refractivity contribution in [3.8, 4) is 0 Å². The van der Waals surface area contributed by atoms with Crippen molar-refractivity contribution >= 4 is 23.9 Å². The summed E-state index contributed by atoms with van der Waals surface area (Å²) in [5, 5.41) is 5.44. The van der Waals surface area contributed by atoms with E-state index < -0.39 is 30.0 Å². The van der Waals surface area contributed by atoms with Gasteiger partial charge in [-0.25, -0.2) is 9.59 Å². The number of benzene rings is 2. The average Bonchev–Trinajstić information content (AvgIpc) is 2.93. The van der Waals surface area contributed by atoms with E-state index in [2.05, 4.69) is 15.4 Å². The van der Waals surface area contributed by atoms with Crippen LogP contribution in [-0.4, -0.2) is 43.6 Å². The summed E-state index contributed by atoms with van der Waals surface area (Å²) >= 11 is 0. The van der Waals surface area contributed by atoms with Gasteiger partial charge in [0.2, 0.25) is 5.91 Å². The summed E-state index contributed by atoms with van der Waals surface area (Å²) < 4.78 is 15.2. The molecular weight excluding hydrogens is 476 g/mol. The number of alkyl carbamates (subject to hydrolysis) is 1. The van der Waals surface area contributed by atoms with Crippen molar-refractivity contribution in [1.29, 1.82) is 0 Å². The summed E-state index contributed by atoms with van der Waals surface area (Å²) in [6.07, 6.45) is 1.37. The van der Waals surface area contributed by atoms with Crippen LogP contribution < -0.4 is 10.6 Å². The van der Waals surface area contributed by atoms with Crippen LogP contribution in [0.15, 0.2) is 60.7 Å². The van der Waals surface area contributed by atoms with Crippen LogP contribution in [0.4, 0.5) is 4.79 Å². The number of nitrogens with one attached hydrogen (secondary N) is 2. The smallest absolute Gasteiger partial charge is 0.407 e. The lowest BCUT2D eigenvalue weighted by Gasteiger charge is -2.20. The minimum absolute atomic E-state index is 0.0960. The first-order chi connectivity index (χ1) is 17.9. The van der Waals surface area contributed by atoms with Crippen molar-refractivity contribution in [2.45, 2.75) is 58.3 Å². The van der Waals surface area contributed by atoms with Crippen LogP contribution in [0.1, 0.15) is 50.2 Å². The molecule has 0 aliphatic heterocycles. The van der Waals surface area contributed by atoms with Gasteiger partial charge in [-0.2, -0.15) is 0 Å². The first-order valence-electron chi connectivity index (χ1n) is 12.4. The van der Waals surface area contributed by atoms with Crippen LogP contribution in [-0.2, 0) is 41.8 Å². The molecule has 1 unspecified atom stereocenters. The highest BCUT2D eigenvalue weighted by atomic mass is 16.5. The number of carbonyl (C=O) groups is 4. The Morgan fingerprint density at radius 1 is 0.811 bits per heavy atom. The normalized spacial score (nSPS) is 12.1. The fraction of sp³-hybridized carbons (Fsp3) is 0.429. The summed E-state index contributed by atoms with van der Waals surface area (Å²) in [4.78, 5) is 48.7. The van der Waals surface area contributed by atoms with Crippen molar-refractivity contribution in [2.24, 2.45) is 5.92 Å². The highest BCUT2D eigenvalue weighted by molar-refractivity contribution is 5.85. The monoisotopic (exact) mass is 512 g/mol. The SMILES string of the molecule is COC(=O)CCC(C)C(=O)N[C@@H](CCCCNC(=O)OCc1ccccc1)C(=O)OCc1ccccc1. The van der Waals surface area contributed by atoms with Crippen molar-refractivity contribution in [1.82, 2.24) is 10.6 Å². The van der Waals surface area contributed by atoms with Crippen molar-refractivity contribution in [3.63, 3.8) is 0 Å². The Bertz CT molecular complexity index is 983. The molecule has 0 saturated heterocycles. The third-order valence-corrected chi connectivity index (χ3v) is 5.68. The van der Waals surface area contributed by atoms with Gasteiger partial charge in [0.15, 0.2) is 0 Å². The molecule has 2 N–H and O–H groups in total. The number of amides is 2. The Labute approximate surface area is 217 Å². The zero-order valence-electron chi connectivity index (χ0n) is 21.4. The largest absolute Gasteiger partial charge is 0.469 e. The Morgan fingerprint density at radius 3 is 2.00 bits per heavy atom. The van der Waals surface area contributed by atoms with Gasteiger partial charge in [0.1, 0.15) is 19.3 Å². The molecule has 0 heterocycles. The molecule has 0 fully saturated rings.